The number of Topliss-reactive ketones (excluding diaryl/α,β-unsaturated/α-hetero) is 1. The summed E-state index contributed by atoms with van der Waals surface area (Å²) in [7, 11) is 0. The molecule has 7 nitrogen and oxygen atoms in total. The predicted molar refractivity (Wildman–Crippen MR) is 111 cm³/mol. The van der Waals surface area contributed by atoms with Crippen LogP contribution in [-0.2, 0) is 6.54 Å². The molecule has 29 heavy (non-hydrogen) atoms. The number of fused-ring (bicyclic) bond motifs is 1. The van der Waals surface area contributed by atoms with Crippen LogP contribution in [0.15, 0.2) is 65.0 Å². The highest BCUT2D eigenvalue weighted by Gasteiger charge is 2.18. The van der Waals surface area contributed by atoms with E-state index in [9.17, 15) is 19.7 Å². The summed E-state index contributed by atoms with van der Waals surface area (Å²) < 4.78 is 1.25. The van der Waals surface area contributed by atoms with Gasteiger partial charge >= 0.3 is 0 Å². The first-order valence-electron chi connectivity index (χ1n) is 8.76. The molecule has 2 heterocycles. The molecule has 0 saturated carbocycles. The van der Waals surface area contributed by atoms with Crippen LogP contribution in [0.4, 0.5) is 5.69 Å². The molecular weight excluding hydrogens is 390 g/mol. The Morgan fingerprint density at radius 1 is 1.21 bits per heavy atom. The molecule has 0 aliphatic heterocycles. The van der Waals surface area contributed by atoms with E-state index in [-0.39, 0.29) is 23.4 Å². The third-order valence-electron chi connectivity index (χ3n) is 4.69. The van der Waals surface area contributed by atoms with Crippen LogP contribution < -0.4 is 5.56 Å². The Morgan fingerprint density at radius 2 is 1.97 bits per heavy atom. The molecule has 144 valence electrons. The van der Waals surface area contributed by atoms with Crippen molar-refractivity contribution in [3.05, 3.63) is 91.8 Å². The number of nitro groups is 1. The Hall–Kier alpha value is -3.65. The standard InChI is InChI=1S/C21H15N3O4S/c1-13-7-8-15(9-17(13)24(27)28)18(25)10-23-12-22-20-19(21(23)26)16(11-29-20)14-5-3-2-4-6-14/h2-9,11-12H,10H2,1H3. The third kappa shape index (κ3) is 3.45. The van der Waals surface area contributed by atoms with Crippen LogP contribution in [0.1, 0.15) is 15.9 Å². The summed E-state index contributed by atoms with van der Waals surface area (Å²) in [6, 6.07) is 13.8. The van der Waals surface area contributed by atoms with E-state index in [4.69, 9.17) is 0 Å². The van der Waals surface area contributed by atoms with Gasteiger partial charge in [0.15, 0.2) is 5.78 Å². The largest absolute Gasteiger partial charge is 0.292 e. The molecular formula is C21H15N3O4S. The Morgan fingerprint density at radius 3 is 2.69 bits per heavy atom. The quantitative estimate of drug-likeness (QED) is 0.281. The molecule has 4 aromatic rings. The minimum absolute atomic E-state index is 0.124. The van der Waals surface area contributed by atoms with E-state index >= 15 is 0 Å². The minimum atomic E-state index is -0.524. The lowest BCUT2D eigenvalue weighted by molar-refractivity contribution is -0.385. The Bertz CT molecular complexity index is 1310. The summed E-state index contributed by atoms with van der Waals surface area (Å²) in [5.41, 5.74) is 1.89. The highest BCUT2D eigenvalue weighted by molar-refractivity contribution is 7.17. The zero-order chi connectivity index (χ0) is 20.5. The van der Waals surface area contributed by atoms with Crippen LogP contribution in [0.25, 0.3) is 21.3 Å². The number of benzene rings is 2. The van der Waals surface area contributed by atoms with Crippen LogP contribution in [0, 0.1) is 17.0 Å². The van der Waals surface area contributed by atoms with Crippen molar-refractivity contribution in [2.24, 2.45) is 0 Å². The van der Waals surface area contributed by atoms with E-state index in [0.29, 0.717) is 15.8 Å². The highest BCUT2D eigenvalue weighted by atomic mass is 32.1. The molecule has 0 spiro atoms. The second-order valence-electron chi connectivity index (χ2n) is 6.55. The Balaban J connectivity index is 1.73. The third-order valence-corrected chi connectivity index (χ3v) is 5.57. The SMILES string of the molecule is Cc1ccc(C(=O)Cn2cnc3scc(-c4ccccc4)c3c2=O)cc1[N+](=O)[O-]. The summed E-state index contributed by atoms with van der Waals surface area (Å²) in [6.45, 7) is 1.36. The lowest BCUT2D eigenvalue weighted by Crippen LogP contribution is -2.24. The summed E-state index contributed by atoms with van der Waals surface area (Å²) in [5, 5.41) is 13.5. The van der Waals surface area contributed by atoms with E-state index in [1.54, 1.807) is 6.92 Å². The second-order valence-corrected chi connectivity index (χ2v) is 7.41. The average Bonchev–Trinajstić information content (AvgIpc) is 3.15. The van der Waals surface area contributed by atoms with Gasteiger partial charge in [0.05, 0.1) is 23.2 Å². The summed E-state index contributed by atoms with van der Waals surface area (Å²) >= 11 is 1.37. The molecule has 0 N–H and O–H groups in total. The Kier molecular flexibility index (Phi) is 4.77. The van der Waals surface area contributed by atoms with Crippen molar-refractivity contribution < 1.29 is 9.72 Å². The van der Waals surface area contributed by atoms with Gasteiger partial charge in [-0.15, -0.1) is 11.3 Å². The summed E-state index contributed by atoms with van der Waals surface area (Å²) in [4.78, 5) is 41.2. The van der Waals surface area contributed by atoms with Crippen molar-refractivity contribution in [2.45, 2.75) is 13.5 Å². The van der Waals surface area contributed by atoms with E-state index in [1.165, 1.54) is 40.4 Å². The maximum atomic E-state index is 13.0. The van der Waals surface area contributed by atoms with Gasteiger partial charge in [0.2, 0.25) is 0 Å². The summed E-state index contributed by atoms with van der Waals surface area (Å²) in [6.07, 6.45) is 1.34. The first-order valence-corrected chi connectivity index (χ1v) is 9.64. The van der Waals surface area contributed by atoms with E-state index in [1.807, 2.05) is 35.7 Å². The monoisotopic (exact) mass is 405 g/mol. The zero-order valence-electron chi connectivity index (χ0n) is 15.4. The van der Waals surface area contributed by atoms with Crippen LogP contribution in [0.3, 0.4) is 0 Å². The van der Waals surface area contributed by atoms with Crippen molar-refractivity contribution in [2.75, 3.05) is 0 Å². The normalized spacial score (nSPS) is 10.9. The van der Waals surface area contributed by atoms with Gasteiger partial charge in [-0.2, -0.15) is 0 Å². The van der Waals surface area contributed by atoms with Crippen molar-refractivity contribution >= 4 is 33.0 Å². The number of hydrogen-bond acceptors (Lipinski definition) is 6. The number of thiophene rings is 1. The molecule has 0 aliphatic rings. The van der Waals surface area contributed by atoms with Gasteiger partial charge in [0, 0.05) is 28.1 Å². The van der Waals surface area contributed by atoms with Crippen LogP contribution in [0.2, 0.25) is 0 Å². The maximum Gasteiger partial charge on any atom is 0.273 e. The minimum Gasteiger partial charge on any atom is -0.292 e. The summed E-state index contributed by atoms with van der Waals surface area (Å²) in [5.74, 6) is -0.396. The topological polar surface area (TPSA) is 95.1 Å². The van der Waals surface area contributed by atoms with Gasteiger partial charge in [0.1, 0.15) is 4.83 Å². The number of nitrogens with zero attached hydrogens (tertiary/aromatic N) is 3. The van der Waals surface area contributed by atoms with E-state index < -0.39 is 10.7 Å². The lowest BCUT2D eigenvalue weighted by Gasteiger charge is -2.07. The van der Waals surface area contributed by atoms with Crippen molar-refractivity contribution in [1.29, 1.82) is 0 Å². The van der Waals surface area contributed by atoms with Crippen LogP contribution in [-0.4, -0.2) is 20.3 Å². The fourth-order valence-electron chi connectivity index (χ4n) is 3.14. The van der Waals surface area contributed by atoms with Crippen molar-refractivity contribution in [3.63, 3.8) is 0 Å². The molecule has 0 bridgehead atoms. The lowest BCUT2D eigenvalue weighted by atomic mass is 10.1. The molecule has 2 aromatic heterocycles. The number of ketones is 1. The number of aryl methyl sites for hydroxylation is 1. The smallest absolute Gasteiger partial charge is 0.273 e. The molecule has 2 aromatic carbocycles. The maximum absolute atomic E-state index is 13.0. The molecule has 0 radical (unpaired) electrons. The molecule has 0 amide bonds. The number of carbonyl (C=O) groups is 1. The van der Waals surface area contributed by atoms with Crippen molar-refractivity contribution in [1.82, 2.24) is 9.55 Å². The van der Waals surface area contributed by atoms with Gasteiger partial charge in [0.25, 0.3) is 11.2 Å². The molecule has 0 fully saturated rings. The molecule has 0 atom stereocenters. The van der Waals surface area contributed by atoms with Gasteiger partial charge in [-0.05, 0) is 12.5 Å². The second kappa shape index (κ2) is 7.40. The number of aromatic nitrogens is 2. The van der Waals surface area contributed by atoms with Crippen LogP contribution >= 0.6 is 11.3 Å². The molecule has 4 rings (SSSR count). The molecule has 0 unspecified atom stereocenters. The fraction of sp³-hybridized carbons (Fsp3) is 0.0952. The number of carbonyl (C=O) groups excluding carboxylic acids is 1. The zero-order valence-corrected chi connectivity index (χ0v) is 16.2. The number of nitro benzene ring substituents is 1. The highest BCUT2D eigenvalue weighted by Crippen LogP contribution is 2.30. The first-order chi connectivity index (χ1) is 14.0. The van der Waals surface area contributed by atoms with Crippen molar-refractivity contribution in [3.8, 4) is 11.1 Å². The molecule has 8 heteroatoms. The Labute approximate surface area is 169 Å². The number of rotatable bonds is 5. The average molecular weight is 405 g/mol. The molecule has 0 aliphatic carbocycles. The predicted octanol–water partition coefficient (Wildman–Crippen LogP) is 4.22. The molecule has 0 saturated heterocycles. The van der Waals surface area contributed by atoms with E-state index in [0.717, 1.165) is 11.1 Å². The fourth-order valence-corrected chi connectivity index (χ4v) is 4.04. The van der Waals surface area contributed by atoms with Crippen LogP contribution in [0.5, 0.6) is 0 Å². The van der Waals surface area contributed by atoms with Gasteiger partial charge in [-0.25, -0.2) is 4.98 Å². The van der Waals surface area contributed by atoms with E-state index in [2.05, 4.69) is 4.98 Å². The number of hydrogen-bond donors (Lipinski definition) is 0. The van der Waals surface area contributed by atoms with Gasteiger partial charge < -0.3 is 0 Å². The first kappa shape index (κ1) is 18.7. The van der Waals surface area contributed by atoms with Gasteiger partial charge in [-0.3, -0.25) is 24.3 Å². The van der Waals surface area contributed by atoms with Gasteiger partial charge in [-0.1, -0.05) is 42.5 Å².